The summed E-state index contributed by atoms with van der Waals surface area (Å²) in [5, 5.41) is 3.39. The Hall–Kier alpha value is -0.910. The molecule has 2 atom stereocenters. The van der Waals surface area contributed by atoms with Crippen molar-refractivity contribution in [1.29, 1.82) is 0 Å². The van der Waals surface area contributed by atoms with Crippen LogP contribution in [0.3, 0.4) is 0 Å². The van der Waals surface area contributed by atoms with Gasteiger partial charge < -0.3 is 10.1 Å². The van der Waals surface area contributed by atoms with Crippen molar-refractivity contribution in [2.24, 2.45) is 5.92 Å². The Kier molecular flexibility index (Phi) is 4.52. The SMILES string of the molecule is COCCNCC1CC1(C)c1ccc(S(C)(=O)=O)cc1. The van der Waals surface area contributed by atoms with Crippen molar-refractivity contribution in [1.82, 2.24) is 5.32 Å². The first-order valence-electron chi connectivity index (χ1n) is 6.88. The smallest absolute Gasteiger partial charge is 0.175 e. The predicted octanol–water partition coefficient (Wildman–Crippen LogP) is 1.60. The zero-order valence-electron chi connectivity index (χ0n) is 12.3. The molecule has 1 N–H and O–H groups in total. The van der Waals surface area contributed by atoms with Crippen LogP contribution in [-0.2, 0) is 20.0 Å². The van der Waals surface area contributed by atoms with Crippen LogP contribution in [0.4, 0.5) is 0 Å². The number of methoxy groups -OCH3 is 1. The lowest BCUT2D eigenvalue weighted by atomic mass is 9.95. The number of sulfone groups is 1. The predicted molar refractivity (Wildman–Crippen MR) is 79.8 cm³/mol. The van der Waals surface area contributed by atoms with Gasteiger partial charge in [0.25, 0.3) is 0 Å². The first kappa shape index (κ1) is 15.5. The van der Waals surface area contributed by atoms with Crippen molar-refractivity contribution in [2.45, 2.75) is 23.7 Å². The van der Waals surface area contributed by atoms with Gasteiger partial charge in [-0.1, -0.05) is 19.1 Å². The van der Waals surface area contributed by atoms with Crippen molar-refractivity contribution in [3.05, 3.63) is 29.8 Å². The first-order valence-corrected chi connectivity index (χ1v) is 8.77. The van der Waals surface area contributed by atoms with Gasteiger partial charge in [-0.15, -0.1) is 0 Å². The quantitative estimate of drug-likeness (QED) is 0.777. The highest BCUT2D eigenvalue weighted by molar-refractivity contribution is 7.90. The molecule has 0 heterocycles. The van der Waals surface area contributed by atoms with Gasteiger partial charge in [-0.05, 0) is 42.0 Å². The number of hydrogen-bond acceptors (Lipinski definition) is 4. The van der Waals surface area contributed by atoms with Gasteiger partial charge in [0.2, 0.25) is 0 Å². The van der Waals surface area contributed by atoms with Gasteiger partial charge in [0.05, 0.1) is 11.5 Å². The second kappa shape index (κ2) is 5.84. The fourth-order valence-corrected chi connectivity index (χ4v) is 3.27. The van der Waals surface area contributed by atoms with E-state index in [1.807, 2.05) is 12.1 Å². The largest absolute Gasteiger partial charge is 0.383 e. The first-order chi connectivity index (χ1) is 9.38. The molecule has 0 radical (unpaired) electrons. The van der Waals surface area contributed by atoms with E-state index < -0.39 is 9.84 Å². The second-order valence-corrected chi connectivity index (χ2v) is 7.83. The zero-order chi connectivity index (χ0) is 14.8. The minimum Gasteiger partial charge on any atom is -0.383 e. The van der Waals surface area contributed by atoms with E-state index in [9.17, 15) is 8.42 Å². The average molecular weight is 297 g/mol. The third-order valence-corrected chi connectivity index (χ3v) is 5.36. The summed E-state index contributed by atoms with van der Waals surface area (Å²) in [6.45, 7) is 4.82. The van der Waals surface area contributed by atoms with E-state index >= 15 is 0 Å². The summed E-state index contributed by atoms with van der Waals surface area (Å²) in [6, 6.07) is 7.32. The van der Waals surface area contributed by atoms with E-state index in [0.717, 1.165) is 26.1 Å². The molecular formula is C15H23NO3S. The molecule has 0 spiro atoms. The van der Waals surface area contributed by atoms with Crippen molar-refractivity contribution < 1.29 is 13.2 Å². The molecule has 112 valence electrons. The molecule has 0 saturated heterocycles. The van der Waals surface area contributed by atoms with Crippen LogP contribution in [0.15, 0.2) is 29.2 Å². The molecule has 1 fully saturated rings. The lowest BCUT2D eigenvalue weighted by Gasteiger charge is -2.13. The molecule has 0 amide bonds. The number of hydrogen-bond donors (Lipinski definition) is 1. The maximum absolute atomic E-state index is 11.5. The van der Waals surface area contributed by atoms with Gasteiger partial charge in [0.15, 0.2) is 9.84 Å². The highest BCUT2D eigenvalue weighted by atomic mass is 32.2. The van der Waals surface area contributed by atoms with Crippen LogP contribution in [0.5, 0.6) is 0 Å². The fourth-order valence-electron chi connectivity index (χ4n) is 2.64. The third kappa shape index (κ3) is 3.40. The van der Waals surface area contributed by atoms with E-state index in [2.05, 4.69) is 12.2 Å². The van der Waals surface area contributed by atoms with Crippen molar-refractivity contribution >= 4 is 9.84 Å². The Balaban J connectivity index is 1.96. The summed E-state index contributed by atoms with van der Waals surface area (Å²) in [7, 11) is -1.40. The molecule has 20 heavy (non-hydrogen) atoms. The van der Waals surface area contributed by atoms with Crippen LogP contribution in [0, 0.1) is 5.92 Å². The standard InChI is InChI=1S/C15H23NO3S/c1-15(10-13(15)11-16-8-9-19-2)12-4-6-14(7-5-12)20(3,17)18/h4-7,13,16H,8-11H2,1-3H3. The van der Waals surface area contributed by atoms with Crippen LogP contribution < -0.4 is 5.32 Å². The van der Waals surface area contributed by atoms with Gasteiger partial charge in [-0.25, -0.2) is 8.42 Å². The van der Waals surface area contributed by atoms with Gasteiger partial charge in [0.1, 0.15) is 0 Å². The molecule has 2 rings (SSSR count). The topological polar surface area (TPSA) is 55.4 Å². The molecular weight excluding hydrogens is 274 g/mol. The van der Waals surface area contributed by atoms with E-state index in [0.29, 0.717) is 10.8 Å². The Morgan fingerprint density at radius 1 is 1.35 bits per heavy atom. The molecule has 1 aromatic carbocycles. The van der Waals surface area contributed by atoms with Crippen molar-refractivity contribution in [3.8, 4) is 0 Å². The van der Waals surface area contributed by atoms with Crippen LogP contribution in [0.25, 0.3) is 0 Å². The lowest BCUT2D eigenvalue weighted by Crippen LogP contribution is -2.23. The van der Waals surface area contributed by atoms with Crippen molar-refractivity contribution in [3.63, 3.8) is 0 Å². The number of rotatable bonds is 7. The van der Waals surface area contributed by atoms with Gasteiger partial charge in [-0.3, -0.25) is 0 Å². The number of nitrogens with one attached hydrogen (secondary N) is 1. The van der Waals surface area contributed by atoms with Crippen LogP contribution in [-0.4, -0.2) is 41.5 Å². The molecule has 1 aliphatic carbocycles. The number of ether oxygens (including phenoxy) is 1. The molecule has 1 aromatic rings. The Morgan fingerprint density at radius 2 is 2.00 bits per heavy atom. The molecule has 0 bridgehead atoms. The summed E-state index contributed by atoms with van der Waals surface area (Å²) in [5.41, 5.74) is 1.40. The molecule has 0 aliphatic heterocycles. The average Bonchev–Trinajstić information content (AvgIpc) is 3.06. The third-order valence-electron chi connectivity index (χ3n) is 4.23. The van der Waals surface area contributed by atoms with E-state index in [1.165, 1.54) is 11.8 Å². The van der Waals surface area contributed by atoms with Crippen LogP contribution in [0.1, 0.15) is 18.9 Å². The minimum atomic E-state index is -3.10. The molecule has 0 aromatic heterocycles. The molecule has 1 saturated carbocycles. The maximum Gasteiger partial charge on any atom is 0.175 e. The van der Waals surface area contributed by atoms with Crippen molar-refractivity contribution in [2.75, 3.05) is 33.1 Å². The monoisotopic (exact) mass is 297 g/mol. The lowest BCUT2D eigenvalue weighted by molar-refractivity contribution is 0.199. The van der Waals surface area contributed by atoms with E-state index in [4.69, 9.17) is 4.74 Å². The summed E-state index contributed by atoms with van der Waals surface area (Å²) >= 11 is 0. The summed E-state index contributed by atoms with van der Waals surface area (Å²) in [4.78, 5) is 0.389. The molecule has 4 nitrogen and oxygen atoms in total. The van der Waals surface area contributed by atoms with E-state index in [-0.39, 0.29) is 5.41 Å². The Labute approximate surface area is 121 Å². The Bertz CT molecular complexity index is 553. The minimum absolute atomic E-state index is 0.177. The Morgan fingerprint density at radius 3 is 2.55 bits per heavy atom. The highest BCUT2D eigenvalue weighted by Gasteiger charge is 2.50. The zero-order valence-corrected chi connectivity index (χ0v) is 13.2. The summed E-state index contributed by atoms with van der Waals surface area (Å²) < 4.78 is 27.9. The van der Waals surface area contributed by atoms with Gasteiger partial charge in [0, 0.05) is 19.9 Å². The van der Waals surface area contributed by atoms with Crippen LogP contribution >= 0.6 is 0 Å². The fraction of sp³-hybridized carbons (Fsp3) is 0.600. The highest BCUT2D eigenvalue weighted by Crippen LogP contribution is 2.53. The summed E-state index contributed by atoms with van der Waals surface area (Å²) in [6.07, 6.45) is 2.38. The molecule has 2 unspecified atom stereocenters. The second-order valence-electron chi connectivity index (χ2n) is 5.81. The van der Waals surface area contributed by atoms with E-state index in [1.54, 1.807) is 19.2 Å². The van der Waals surface area contributed by atoms with Gasteiger partial charge in [-0.2, -0.15) is 0 Å². The molecule has 1 aliphatic rings. The van der Waals surface area contributed by atoms with Crippen LogP contribution in [0.2, 0.25) is 0 Å². The summed E-state index contributed by atoms with van der Waals surface area (Å²) in [5.74, 6) is 0.614. The molecule has 5 heteroatoms. The van der Waals surface area contributed by atoms with Gasteiger partial charge >= 0.3 is 0 Å². The number of benzene rings is 1. The normalized spacial score (nSPS) is 25.6. The maximum atomic E-state index is 11.5.